The summed E-state index contributed by atoms with van der Waals surface area (Å²) in [5, 5.41) is 9.22. The Bertz CT molecular complexity index is 434. The number of aliphatic carboxylic acids is 1. The largest absolute Gasteiger partial charge is 0.481 e. The fraction of sp³-hybridized carbons (Fsp3) is 0.875. The molecular weight excluding hydrogens is 284 g/mol. The van der Waals surface area contributed by atoms with Crippen molar-refractivity contribution in [3.8, 4) is 0 Å². The SMILES string of the molecule is CN(CC1CCC1)C1(CC(=O)O)CN(C(=O)OC(C)(C)C)C1. The van der Waals surface area contributed by atoms with Crippen molar-refractivity contribution in [1.29, 1.82) is 0 Å². The summed E-state index contributed by atoms with van der Waals surface area (Å²) in [6.07, 6.45) is 3.43. The number of likely N-dealkylation sites (tertiary alicyclic amines) is 1. The van der Waals surface area contributed by atoms with Crippen molar-refractivity contribution in [1.82, 2.24) is 9.80 Å². The van der Waals surface area contributed by atoms with Crippen LogP contribution in [-0.2, 0) is 9.53 Å². The maximum Gasteiger partial charge on any atom is 0.410 e. The average Bonchev–Trinajstić information content (AvgIpc) is 2.24. The maximum absolute atomic E-state index is 12.1. The molecule has 1 amide bonds. The van der Waals surface area contributed by atoms with Gasteiger partial charge in [0.15, 0.2) is 0 Å². The van der Waals surface area contributed by atoms with Crippen molar-refractivity contribution in [2.45, 2.75) is 57.6 Å². The summed E-state index contributed by atoms with van der Waals surface area (Å²) in [5.74, 6) is -0.143. The molecule has 6 heteroatoms. The second-order valence-electron chi connectivity index (χ2n) is 7.81. The number of nitrogens with zero attached hydrogens (tertiary/aromatic N) is 2. The number of hydrogen-bond acceptors (Lipinski definition) is 4. The Morgan fingerprint density at radius 1 is 1.32 bits per heavy atom. The molecule has 0 atom stereocenters. The van der Waals surface area contributed by atoms with Crippen LogP contribution in [0.5, 0.6) is 0 Å². The van der Waals surface area contributed by atoms with Crippen LogP contribution in [0, 0.1) is 5.92 Å². The highest BCUT2D eigenvalue weighted by Crippen LogP contribution is 2.35. The van der Waals surface area contributed by atoms with Crippen molar-refractivity contribution in [3.63, 3.8) is 0 Å². The molecule has 1 N–H and O–H groups in total. The van der Waals surface area contributed by atoms with Gasteiger partial charge in [-0.05, 0) is 46.6 Å². The van der Waals surface area contributed by atoms with Crippen molar-refractivity contribution in [2.75, 3.05) is 26.7 Å². The number of rotatable bonds is 5. The highest BCUT2D eigenvalue weighted by Gasteiger charge is 2.51. The summed E-state index contributed by atoms with van der Waals surface area (Å²) in [7, 11) is 1.98. The molecule has 1 aliphatic heterocycles. The minimum absolute atomic E-state index is 0.0650. The lowest BCUT2D eigenvalue weighted by molar-refractivity contribution is -0.145. The van der Waals surface area contributed by atoms with Gasteiger partial charge in [-0.2, -0.15) is 0 Å². The van der Waals surface area contributed by atoms with Crippen LogP contribution < -0.4 is 0 Å². The number of ether oxygens (including phenoxy) is 1. The van der Waals surface area contributed by atoms with Crippen LogP contribution in [0.4, 0.5) is 4.79 Å². The topological polar surface area (TPSA) is 70.1 Å². The molecule has 0 unspecified atom stereocenters. The number of carbonyl (C=O) groups excluding carboxylic acids is 1. The summed E-state index contributed by atoms with van der Waals surface area (Å²) in [5.41, 5.74) is -0.974. The van der Waals surface area contributed by atoms with Gasteiger partial charge in [0.1, 0.15) is 5.60 Å². The standard InChI is InChI=1S/C16H28N2O4/c1-15(2,3)22-14(21)18-10-16(11-18,8-13(19)20)17(4)9-12-6-5-7-12/h12H,5-11H2,1-4H3,(H,19,20). The van der Waals surface area contributed by atoms with Crippen LogP contribution in [0.15, 0.2) is 0 Å². The van der Waals surface area contributed by atoms with Crippen LogP contribution in [0.2, 0.25) is 0 Å². The third kappa shape index (κ3) is 3.91. The molecule has 1 saturated heterocycles. The minimum Gasteiger partial charge on any atom is -0.481 e. The van der Waals surface area contributed by atoms with Gasteiger partial charge >= 0.3 is 12.1 Å². The van der Waals surface area contributed by atoms with Crippen LogP contribution in [0.25, 0.3) is 0 Å². The predicted molar refractivity (Wildman–Crippen MR) is 82.8 cm³/mol. The summed E-state index contributed by atoms with van der Waals surface area (Å²) >= 11 is 0. The molecule has 0 aromatic heterocycles. The number of carboxylic acid groups (broad SMARTS) is 1. The first-order chi connectivity index (χ1) is 10.1. The molecule has 22 heavy (non-hydrogen) atoms. The first-order valence-corrected chi connectivity index (χ1v) is 8.02. The van der Waals surface area contributed by atoms with E-state index in [0.29, 0.717) is 19.0 Å². The number of carbonyl (C=O) groups is 2. The maximum atomic E-state index is 12.1. The van der Waals surface area contributed by atoms with E-state index >= 15 is 0 Å². The molecule has 126 valence electrons. The first-order valence-electron chi connectivity index (χ1n) is 8.02. The van der Waals surface area contributed by atoms with Gasteiger partial charge in [-0.15, -0.1) is 0 Å². The van der Waals surface area contributed by atoms with Crippen molar-refractivity contribution < 1.29 is 19.4 Å². The van der Waals surface area contributed by atoms with Gasteiger partial charge < -0.3 is 14.7 Å². The smallest absolute Gasteiger partial charge is 0.410 e. The molecular formula is C16H28N2O4. The van der Waals surface area contributed by atoms with Gasteiger partial charge in [0, 0.05) is 19.6 Å². The highest BCUT2D eigenvalue weighted by molar-refractivity contribution is 5.73. The highest BCUT2D eigenvalue weighted by atomic mass is 16.6. The van der Waals surface area contributed by atoms with Gasteiger partial charge in [-0.3, -0.25) is 9.69 Å². The van der Waals surface area contributed by atoms with Crippen LogP contribution >= 0.6 is 0 Å². The Labute approximate surface area is 132 Å². The van der Waals surface area contributed by atoms with E-state index in [1.54, 1.807) is 4.90 Å². The van der Waals surface area contributed by atoms with E-state index in [1.807, 2.05) is 27.8 Å². The molecule has 6 nitrogen and oxygen atoms in total. The van der Waals surface area contributed by atoms with Crippen LogP contribution in [0.1, 0.15) is 46.5 Å². The predicted octanol–water partition coefficient (Wildman–Crippen LogP) is 2.18. The molecule has 2 aliphatic rings. The lowest BCUT2D eigenvalue weighted by Crippen LogP contribution is -2.71. The van der Waals surface area contributed by atoms with Gasteiger partial charge in [-0.1, -0.05) is 6.42 Å². The molecule has 2 rings (SSSR count). The van der Waals surface area contributed by atoms with Crippen LogP contribution in [-0.4, -0.2) is 64.8 Å². The van der Waals surface area contributed by atoms with Crippen molar-refractivity contribution in [2.24, 2.45) is 5.92 Å². The summed E-state index contributed by atoms with van der Waals surface area (Å²) in [4.78, 5) is 27.0. The van der Waals surface area contributed by atoms with Crippen LogP contribution in [0.3, 0.4) is 0 Å². The Kier molecular flexibility index (Phi) is 4.70. The summed E-state index contributed by atoms with van der Waals surface area (Å²) in [6.45, 7) is 7.26. The Balaban J connectivity index is 1.95. The average molecular weight is 312 g/mol. The fourth-order valence-electron chi connectivity index (χ4n) is 3.15. The van der Waals surface area contributed by atoms with Crippen molar-refractivity contribution in [3.05, 3.63) is 0 Å². The molecule has 0 aromatic carbocycles. The Hall–Kier alpha value is -1.30. The number of likely N-dealkylation sites (N-methyl/N-ethyl adjacent to an activating group) is 1. The summed E-state index contributed by atoms with van der Waals surface area (Å²) < 4.78 is 5.35. The molecule has 0 radical (unpaired) electrons. The zero-order valence-corrected chi connectivity index (χ0v) is 14.1. The van der Waals surface area contributed by atoms with E-state index < -0.39 is 17.1 Å². The number of hydrogen-bond donors (Lipinski definition) is 1. The molecule has 0 bridgehead atoms. The monoisotopic (exact) mass is 312 g/mol. The Morgan fingerprint density at radius 2 is 1.91 bits per heavy atom. The third-order valence-corrected chi connectivity index (χ3v) is 4.67. The van der Waals surface area contributed by atoms with E-state index in [2.05, 4.69) is 4.90 Å². The second-order valence-corrected chi connectivity index (χ2v) is 7.81. The molecule has 0 aromatic rings. The Morgan fingerprint density at radius 3 is 2.32 bits per heavy atom. The molecule has 1 aliphatic carbocycles. The summed E-state index contributed by atoms with van der Waals surface area (Å²) in [6, 6.07) is 0. The lowest BCUT2D eigenvalue weighted by atomic mass is 9.80. The van der Waals surface area contributed by atoms with E-state index in [1.165, 1.54) is 19.3 Å². The minimum atomic E-state index is -0.815. The third-order valence-electron chi connectivity index (χ3n) is 4.67. The van der Waals surface area contributed by atoms with E-state index in [-0.39, 0.29) is 12.5 Å². The van der Waals surface area contributed by atoms with E-state index in [0.717, 1.165) is 6.54 Å². The van der Waals surface area contributed by atoms with E-state index in [9.17, 15) is 14.7 Å². The van der Waals surface area contributed by atoms with Gasteiger partial charge in [0.05, 0.1) is 12.0 Å². The molecule has 1 saturated carbocycles. The van der Waals surface area contributed by atoms with Crippen molar-refractivity contribution >= 4 is 12.1 Å². The zero-order chi connectivity index (χ0) is 16.5. The van der Waals surface area contributed by atoms with E-state index in [4.69, 9.17) is 4.74 Å². The second kappa shape index (κ2) is 6.07. The normalized spacial score (nSPS) is 21.2. The zero-order valence-electron chi connectivity index (χ0n) is 14.1. The lowest BCUT2D eigenvalue weighted by Gasteiger charge is -2.55. The first kappa shape index (κ1) is 17.1. The molecule has 0 spiro atoms. The molecule has 2 fully saturated rings. The van der Waals surface area contributed by atoms with Gasteiger partial charge in [0.2, 0.25) is 0 Å². The quantitative estimate of drug-likeness (QED) is 0.842. The fourth-order valence-corrected chi connectivity index (χ4v) is 3.15. The van der Waals surface area contributed by atoms with Gasteiger partial charge in [0.25, 0.3) is 0 Å². The molecule has 1 heterocycles. The number of carboxylic acids is 1. The number of amides is 1. The van der Waals surface area contributed by atoms with Gasteiger partial charge in [-0.25, -0.2) is 4.79 Å².